The van der Waals surface area contributed by atoms with Crippen LogP contribution < -0.4 is 5.56 Å². The van der Waals surface area contributed by atoms with Crippen LogP contribution in [0.1, 0.15) is 15.9 Å². The fourth-order valence-electron chi connectivity index (χ4n) is 1.98. The minimum Gasteiger partial charge on any atom is -0.477 e. The third-order valence-corrected chi connectivity index (χ3v) is 3.10. The summed E-state index contributed by atoms with van der Waals surface area (Å²) in [5, 5.41) is 12.8. The van der Waals surface area contributed by atoms with Crippen LogP contribution in [0.3, 0.4) is 0 Å². The van der Waals surface area contributed by atoms with Crippen molar-refractivity contribution in [2.24, 2.45) is 0 Å². The Kier molecular flexibility index (Phi) is 4.14. The number of amides is 1. The Balaban J connectivity index is 2.21. The van der Waals surface area contributed by atoms with Gasteiger partial charge in [0.25, 0.3) is 5.56 Å². The van der Waals surface area contributed by atoms with E-state index >= 15 is 0 Å². The van der Waals surface area contributed by atoms with Crippen LogP contribution in [0, 0.1) is 6.92 Å². The molecule has 0 aliphatic carbocycles. The van der Waals surface area contributed by atoms with Crippen molar-refractivity contribution in [2.75, 3.05) is 26.3 Å². The first-order valence-corrected chi connectivity index (χ1v) is 6.16. The molecule has 1 aliphatic rings. The van der Waals surface area contributed by atoms with Gasteiger partial charge in [0.2, 0.25) is 5.91 Å². The van der Waals surface area contributed by atoms with Gasteiger partial charge in [0.15, 0.2) is 0 Å². The minimum absolute atomic E-state index is 0.264. The number of aromatic carboxylic acids is 1. The first kappa shape index (κ1) is 14.2. The second-order valence-corrected chi connectivity index (χ2v) is 4.46. The monoisotopic (exact) mass is 281 g/mol. The van der Waals surface area contributed by atoms with Crippen LogP contribution in [0.25, 0.3) is 0 Å². The summed E-state index contributed by atoms with van der Waals surface area (Å²) in [6, 6.07) is 0. The van der Waals surface area contributed by atoms with E-state index in [1.54, 1.807) is 4.90 Å². The average Bonchev–Trinajstić information content (AvgIpc) is 2.42. The summed E-state index contributed by atoms with van der Waals surface area (Å²) >= 11 is 0. The van der Waals surface area contributed by atoms with Crippen molar-refractivity contribution in [2.45, 2.75) is 13.5 Å². The zero-order chi connectivity index (χ0) is 14.7. The highest BCUT2D eigenvalue weighted by Crippen LogP contribution is 2.01. The van der Waals surface area contributed by atoms with Gasteiger partial charge in [0, 0.05) is 13.1 Å². The Labute approximate surface area is 114 Å². The number of aromatic nitrogens is 2. The van der Waals surface area contributed by atoms with E-state index in [2.05, 4.69) is 5.10 Å². The van der Waals surface area contributed by atoms with E-state index in [0.29, 0.717) is 26.3 Å². The lowest BCUT2D eigenvalue weighted by atomic mass is 10.2. The molecule has 108 valence electrons. The number of nitrogens with zero attached hydrogens (tertiary/aromatic N) is 3. The highest BCUT2D eigenvalue weighted by atomic mass is 16.5. The van der Waals surface area contributed by atoms with Crippen molar-refractivity contribution in [1.82, 2.24) is 14.7 Å². The van der Waals surface area contributed by atoms with Gasteiger partial charge in [0.1, 0.15) is 12.1 Å². The number of carboxylic acids is 1. The first-order valence-electron chi connectivity index (χ1n) is 6.16. The zero-order valence-electron chi connectivity index (χ0n) is 11.0. The Morgan fingerprint density at radius 3 is 2.65 bits per heavy atom. The lowest BCUT2D eigenvalue weighted by Gasteiger charge is -2.26. The highest BCUT2D eigenvalue weighted by Gasteiger charge is 2.20. The van der Waals surface area contributed by atoms with Gasteiger partial charge in [-0.3, -0.25) is 9.59 Å². The molecule has 0 atom stereocenters. The summed E-state index contributed by atoms with van der Waals surface area (Å²) in [6.45, 7) is 3.08. The van der Waals surface area contributed by atoms with Gasteiger partial charge in [-0.25, -0.2) is 9.48 Å². The summed E-state index contributed by atoms with van der Waals surface area (Å²) in [4.78, 5) is 36.6. The number of morpholine rings is 1. The summed E-state index contributed by atoms with van der Waals surface area (Å²) in [7, 11) is 0. The summed E-state index contributed by atoms with van der Waals surface area (Å²) in [6.07, 6.45) is 1.28. The predicted molar refractivity (Wildman–Crippen MR) is 67.6 cm³/mol. The maximum absolute atomic E-state index is 12.0. The number of hydrogen-bond donors (Lipinski definition) is 1. The summed E-state index contributed by atoms with van der Waals surface area (Å²) in [5.74, 6) is -1.59. The van der Waals surface area contributed by atoms with Gasteiger partial charge in [-0.1, -0.05) is 0 Å². The molecule has 1 aliphatic heterocycles. The van der Waals surface area contributed by atoms with Crippen LogP contribution in [0.15, 0.2) is 11.0 Å². The van der Waals surface area contributed by atoms with Crippen LogP contribution in [0.5, 0.6) is 0 Å². The number of aryl methyl sites for hydroxylation is 1. The minimum atomic E-state index is -1.32. The Morgan fingerprint density at radius 1 is 1.40 bits per heavy atom. The van der Waals surface area contributed by atoms with Gasteiger partial charge in [0.05, 0.1) is 19.4 Å². The van der Waals surface area contributed by atoms with E-state index in [-0.39, 0.29) is 23.6 Å². The molecular formula is C12H15N3O5. The fraction of sp³-hybridized carbons (Fsp3) is 0.500. The predicted octanol–water partition coefficient (Wildman–Crippen LogP) is -0.891. The molecule has 1 amide bonds. The lowest BCUT2D eigenvalue weighted by molar-refractivity contribution is -0.136. The van der Waals surface area contributed by atoms with Gasteiger partial charge in [-0.2, -0.15) is 5.10 Å². The van der Waals surface area contributed by atoms with Crippen molar-refractivity contribution in [1.29, 1.82) is 0 Å². The highest BCUT2D eigenvalue weighted by molar-refractivity contribution is 5.88. The molecule has 0 aromatic carbocycles. The van der Waals surface area contributed by atoms with Crippen molar-refractivity contribution < 1.29 is 19.4 Å². The van der Waals surface area contributed by atoms with Crippen molar-refractivity contribution in [3.05, 3.63) is 27.7 Å². The normalized spacial score (nSPS) is 15.2. The Hall–Kier alpha value is -2.22. The van der Waals surface area contributed by atoms with Crippen LogP contribution in [0.4, 0.5) is 0 Å². The smallest absolute Gasteiger partial charge is 0.341 e. The topological polar surface area (TPSA) is 102 Å². The third kappa shape index (κ3) is 2.85. The second kappa shape index (κ2) is 5.83. The lowest BCUT2D eigenvalue weighted by Crippen LogP contribution is -2.44. The SMILES string of the molecule is Cc1cnn(CC(=O)N2CCOCC2)c(=O)c1C(=O)O. The number of carbonyl (C=O) groups excluding carboxylic acids is 1. The number of ether oxygens (including phenoxy) is 1. The molecule has 2 heterocycles. The molecule has 1 fully saturated rings. The van der Waals surface area contributed by atoms with E-state index in [0.717, 1.165) is 4.68 Å². The second-order valence-electron chi connectivity index (χ2n) is 4.46. The maximum atomic E-state index is 12.0. The van der Waals surface area contributed by atoms with Gasteiger partial charge < -0.3 is 14.7 Å². The van der Waals surface area contributed by atoms with Crippen molar-refractivity contribution >= 4 is 11.9 Å². The van der Waals surface area contributed by atoms with Gasteiger partial charge >= 0.3 is 5.97 Å². The maximum Gasteiger partial charge on any atom is 0.341 e. The quantitative estimate of drug-likeness (QED) is 0.771. The molecule has 2 rings (SSSR count). The molecule has 0 spiro atoms. The van der Waals surface area contributed by atoms with Crippen LogP contribution >= 0.6 is 0 Å². The number of rotatable bonds is 3. The molecule has 20 heavy (non-hydrogen) atoms. The fourth-order valence-corrected chi connectivity index (χ4v) is 1.98. The number of carboxylic acid groups (broad SMARTS) is 1. The van der Waals surface area contributed by atoms with Crippen LogP contribution in [0.2, 0.25) is 0 Å². The molecule has 8 heteroatoms. The van der Waals surface area contributed by atoms with Crippen LogP contribution in [-0.4, -0.2) is 58.0 Å². The average molecular weight is 281 g/mol. The van der Waals surface area contributed by atoms with Crippen molar-refractivity contribution in [3.8, 4) is 0 Å². The molecule has 8 nitrogen and oxygen atoms in total. The molecular weight excluding hydrogens is 266 g/mol. The molecule has 0 saturated carbocycles. The zero-order valence-corrected chi connectivity index (χ0v) is 11.0. The largest absolute Gasteiger partial charge is 0.477 e. The van der Waals surface area contributed by atoms with E-state index < -0.39 is 11.5 Å². The Morgan fingerprint density at radius 2 is 2.05 bits per heavy atom. The van der Waals surface area contributed by atoms with Crippen LogP contribution in [-0.2, 0) is 16.1 Å². The van der Waals surface area contributed by atoms with Crippen molar-refractivity contribution in [3.63, 3.8) is 0 Å². The van der Waals surface area contributed by atoms with E-state index in [1.165, 1.54) is 13.1 Å². The Bertz CT molecular complexity index is 589. The van der Waals surface area contributed by atoms with E-state index in [4.69, 9.17) is 9.84 Å². The standard InChI is InChI=1S/C12H15N3O5/c1-8-6-13-15(11(17)10(8)12(18)19)7-9(16)14-2-4-20-5-3-14/h6H,2-5,7H2,1H3,(H,18,19). The first-order chi connectivity index (χ1) is 9.50. The van der Waals surface area contributed by atoms with E-state index in [9.17, 15) is 14.4 Å². The molecule has 0 bridgehead atoms. The molecule has 1 aromatic heterocycles. The molecule has 1 saturated heterocycles. The van der Waals surface area contributed by atoms with Gasteiger partial charge in [-0.05, 0) is 12.5 Å². The molecule has 1 N–H and O–H groups in total. The number of carbonyl (C=O) groups is 2. The summed E-state index contributed by atoms with van der Waals surface area (Å²) in [5.41, 5.74) is -0.841. The molecule has 0 radical (unpaired) electrons. The van der Waals surface area contributed by atoms with Gasteiger partial charge in [-0.15, -0.1) is 0 Å². The van der Waals surface area contributed by atoms with E-state index in [1.807, 2.05) is 0 Å². The third-order valence-electron chi connectivity index (χ3n) is 3.10. The molecule has 1 aromatic rings. The summed E-state index contributed by atoms with van der Waals surface area (Å²) < 4.78 is 6.02. The number of hydrogen-bond acceptors (Lipinski definition) is 5. The molecule has 0 unspecified atom stereocenters.